The molecule has 7 nitrogen and oxygen atoms in total. The van der Waals surface area contributed by atoms with Crippen LogP contribution in [0.4, 0.5) is 4.39 Å². The van der Waals surface area contributed by atoms with Gasteiger partial charge in [0.25, 0.3) is 10.1 Å². The van der Waals surface area contributed by atoms with Crippen molar-refractivity contribution >= 4 is 27.0 Å². The maximum absolute atomic E-state index is 14.8. The van der Waals surface area contributed by atoms with Crippen molar-refractivity contribution in [2.45, 2.75) is 50.7 Å². The van der Waals surface area contributed by atoms with E-state index in [1.807, 2.05) is 4.57 Å². The van der Waals surface area contributed by atoms with E-state index in [-0.39, 0.29) is 29.5 Å². The molecule has 2 fully saturated rings. The molecule has 9 heteroatoms. The SMILES string of the molecule is CCOC(=O)c1cn(C2CC2)c2cc(C3CC(OS(C)(=O)=O)C3)c(F)cc2c1=O. The molecule has 4 rings (SSSR count). The molecule has 156 valence electrons. The van der Waals surface area contributed by atoms with Crippen LogP contribution in [-0.4, -0.2) is 37.9 Å². The van der Waals surface area contributed by atoms with E-state index in [1.54, 1.807) is 13.0 Å². The Hall–Kier alpha value is -2.26. The lowest BCUT2D eigenvalue weighted by molar-refractivity contribution is 0.0524. The van der Waals surface area contributed by atoms with Gasteiger partial charge in [0.1, 0.15) is 11.4 Å². The topological polar surface area (TPSA) is 91.7 Å². The fourth-order valence-corrected chi connectivity index (χ4v) is 4.50. The van der Waals surface area contributed by atoms with Crippen LogP contribution in [0.3, 0.4) is 0 Å². The Morgan fingerprint density at radius 3 is 2.55 bits per heavy atom. The number of nitrogens with zero attached hydrogens (tertiary/aromatic N) is 1. The summed E-state index contributed by atoms with van der Waals surface area (Å²) in [6, 6.07) is 2.99. The molecule has 2 aliphatic carbocycles. The molecule has 0 radical (unpaired) electrons. The van der Waals surface area contributed by atoms with E-state index in [1.165, 1.54) is 12.3 Å². The molecule has 0 atom stereocenters. The van der Waals surface area contributed by atoms with Crippen molar-refractivity contribution in [1.82, 2.24) is 4.57 Å². The van der Waals surface area contributed by atoms with Crippen LogP contribution in [0.15, 0.2) is 23.1 Å². The van der Waals surface area contributed by atoms with E-state index in [4.69, 9.17) is 8.92 Å². The molecule has 0 N–H and O–H groups in total. The van der Waals surface area contributed by atoms with E-state index in [0.717, 1.165) is 19.1 Å². The van der Waals surface area contributed by atoms with Crippen molar-refractivity contribution < 1.29 is 26.5 Å². The minimum absolute atomic E-state index is 0.0938. The highest BCUT2D eigenvalue weighted by Crippen LogP contribution is 2.42. The van der Waals surface area contributed by atoms with Gasteiger partial charge in [-0.3, -0.25) is 8.98 Å². The van der Waals surface area contributed by atoms with Crippen molar-refractivity contribution in [3.63, 3.8) is 0 Å². The van der Waals surface area contributed by atoms with Gasteiger partial charge in [-0.05, 0) is 56.2 Å². The maximum Gasteiger partial charge on any atom is 0.343 e. The van der Waals surface area contributed by atoms with Crippen LogP contribution in [0, 0.1) is 5.82 Å². The molecule has 1 aromatic carbocycles. The van der Waals surface area contributed by atoms with E-state index in [0.29, 0.717) is 23.9 Å². The normalized spacial score (nSPS) is 21.8. The average Bonchev–Trinajstić information content (AvgIpc) is 3.43. The zero-order valence-corrected chi connectivity index (χ0v) is 17.0. The number of carbonyl (C=O) groups is 1. The fourth-order valence-electron chi connectivity index (χ4n) is 3.85. The molecule has 2 aliphatic rings. The van der Waals surface area contributed by atoms with Gasteiger partial charge in [0, 0.05) is 17.6 Å². The first-order valence-corrected chi connectivity index (χ1v) is 11.4. The number of hydrogen-bond donors (Lipinski definition) is 0. The Morgan fingerprint density at radius 1 is 1.28 bits per heavy atom. The third-order valence-corrected chi connectivity index (χ3v) is 6.05. The van der Waals surface area contributed by atoms with Crippen molar-refractivity contribution in [2.24, 2.45) is 0 Å². The van der Waals surface area contributed by atoms with Crippen molar-refractivity contribution in [3.05, 3.63) is 45.5 Å². The van der Waals surface area contributed by atoms with Gasteiger partial charge >= 0.3 is 5.97 Å². The Kier molecular flexibility index (Phi) is 4.98. The molecule has 0 saturated heterocycles. The summed E-state index contributed by atoms with van der Waals surface area (Å²) < 4.78 is 49.1. The average molecular weight is 423 g/mol. The molecule has 2 aromatic rings. The van der Waals surface area contributed by atoms with Gasteiger partial charge in [-0.2, -0.15) is 8.42 Å². The quantitative estimate of drug-likeness (QED) is 0.524. The summed E-state index contributed by atoms with van der Waals surface area (Å²) in [5.74, 6) is -1.43. The number of aromatic nitrogens is 1. The molecular weight excluding hydrogens is 401 g/mol. The third-order valence-electron chi connectivity index (χ3n) is 5.43. The van der Waals surface area contributed by atoms with Crippen LogP contribution in [0.25, 0.3) is 10.9 Å². The first-order valence-electron chi connectivity index (χ1n) is 9.61. The van der Waals surface area contributed by atoms with Gasteiger partial charge in [0.2, 0.25) is 5.43 Å². The molecule has 2 saturated carbocycles. The van der Waals surface area contributed by atoms with E-state index in [2.05, 4.69) is 0 Å². The molecule has 29 heavy (non-hydrogen) atoms. The summed E-state index contributed by atoms with van der Waals surface area (Å²) in [5, 5.41) is 0.145. The molecular formula is C20H22FNO6S. The highest BCUT2D eigenvalue weighted by Gasteiger charge is 2.36. The van der Waals surface area contributed by atoms with Crippen LogP contribution < -0.4 is 5.43 Å². The number of esters is 1. The smallest absolute Gasteiger partial charge is 0.343 e. The summed E-state index contributed by atoms with van der Waals surface area (Å²) in [6.45, 7) is 1.80. The zero-order chi connectivity index (χ0) is 20.9. The number of rotatable bonds is 6. The molecule has 0 aliphatic heterocycles. The minimum atomic E-state index is -3.55. The number of benzene rings is 1. The predicted molar refractivity (Wildman–Crippen MR) is 104 cm³/mol. The van der Waals surface area contributed by atoms with Gasteiger partial charge in [0.05, 0.1) is 24.5 Å². The Labute approximate surface area is 167 Å². The first kappa shape index (κ1) is 20.0. The Balaban J connectivity index is 1.74. The van der Waals surface area contributed by atoms with Crippen molar-refractivity contribution in [2.75, 3.05) is 12.9 Å². The lowest BCUT2D eigenvalue weighted by atomic mass is 9.77. The number of halogens is 1. The molecule has 0 bridgehead atoms. The lowest BCUT2D eigenvalue weighted by Gasteiger charge is -2.34. The van der Waals surface area contributed by atoms with Gasteiger partial charge in [-0.25, -0.2) is 9.18 Å². The van der Waals surface area contributed by atoms with Crippen LogP contribution in [-0.2, 0) is 19.0 Å². The minimum Gasteiger partial charge on any atom is -0.462 e. The summed E-state index contributed by atoms with van der Waals surface area (Å²) in [5.41, 5.74) is 0.370. The van der Waals surface area contributed by atoms with Crippen LogP contribution in [0.1, 0.15) is 60.5 Å². The Morgan fingerprint density at radius 2 is 1.97 bits per heavy atom. The van der Waals surface area contributed by atoms with Gasteiger partial charge in [0.15, 0.2) is 0 Å². The number of ether oxygens (including phenoxy) is 1. The highest BCUT2D eigenvalue weighted by atomic mass is 32.2. The van der Waals surface area contributed by atoms with Crippen molar-refractivity contribution in [1.29, 1.82) is 0 Å². The summed E-state index contributed by atoms with van der Waals surface area (Å²) >= 11 is 0. The van der Waals surface area contributed by atoms with Crippen LogP contribution >= 0.6 is 0 Å². The largest absolute Gasteiger partial charge is 0.462 e. The van der Waals surface area contributed by atoms with Crippen LogP contribution in [0.5, 0.6) is 0 Å². The van der Waals surface area contributed by atoms with E-state index < -0.39 is 33.4 Å². The molecule has 0 amide bonds. The van der Waals surface area contributed by atoms with E-state index in [9.17, 15) is 22.4 Å². The summed E-state index contributed by atoms with van der Waals surface area (Å²) in [6.07, 6.45) is 4.67. The zero-order valence-electron chi connectivity index (χ0n) is 16.2. The number of fused-ring (bicyclic) bond motifs is 1. The summed E-state index contributed by atoms with van der Waals surface area (Å²) in [4.78, 5) is 25.0. The number of pyridine rings is 1. The first-order chi connectivity index (χ1) is 13.7. The number of hydrogen-bond acceptors (Lipinski definition) is 6. The second-order valence-corrected chi connectivity index (χ2v) is 9.31. The molecule has 0 unspecified atom stereocenters. The highest BCUT2D eigenvalue weighted by molar-refractivity contribution is 7.86. The standard InChI is InChI=1S/C20H22FNO6S/c1-3-27-20(24)16-10-22(12-4-5-12)18-9-14(17(21)8-15(18)19(16)23)11-6-13(7-11)28-29(2,25)26/h8-13H,3-7H2,1-2H3. The van der Waals surface area contributed by atoms with Gasteiger partial charge in [-0.1, -0.05) is 0 Å². The van der Waals surface area contributed by atoms with Gasteiger partial charge in [-0.15, -0.1) is 0 Å². The maximum atomic E-state index is 14.8. The monoisotopic (exact) mass is 423 g/mol. The third kappa shape index (κ3) is 3.93. The Bertz CT molecular complexity index is 1150. The second-order valence-electron chi connectivity index (χ2n) is 7.71. The van der Waals surface area contributed by atoms with Crippen LogP contribution in [0.2, 0.25) is 0 Å². The fraction of sp³-hybridized carbons (Fsp3) is 0.500. The molecule has 0 spiro atoms. The predicted octanol–water partition coefficient (Wildman–Crippen LogP) is 2.87. The lowest BCUT2D eigenvalue weighted by Crippen LogP contribution is -2.32. The van der Waals surface area contributed by atoms with Crippen molar-refractivity contribution in [3.8, 4) is 0 Å². The summed E-state index contributed by atoms with van der Waals surface area (Å²) in [7, 11) is -3.55. The second kappa shape index (κ2) is 7.21. The molecule has 1 heterocycles. The van der Waals surface area contributed by atoms with Gasteiger partial charge < -0.3 is 9.30 Å². The van der Waals surface area contributed by atoms with E-state index >= 15 is 0 Å². The number of carbonyl (C=O) groups excluding carboxylic acids is 1. The molecule has 1 aromatic heterocycles.